The fourth-order valence-electron chi connectivity index (χ4n) is 2.45. The Labute approximate surface area is 145 Å². The number of fused-ring (bicyclic) bond motifs is 2. The molecule has 0 aromatic carbocycles. The number of hydrogen-bond acceptors (Lipinski definition) is 5. The molecular formula is C10H16N3NaO6S. The van der Waals surface area contributed by atoms with Crippen molar-refractivity contribution in [2.24, 2.45) is 11.7 Å². The number of hydrogen-bond donors (Lipinski definition) is 2. The van der Waals surface area contributed by atoms with Crippen LogP contribution in [0.4, 0.5) is 4.79 Å². The van der Waals surface area contributed by atoms with E-state index >= 15 is 0 Å². The Balaban J connectivity index is 0.00000220. The van der Waals surface area contributed by atoms with Crippen molar-refractivity contribution < 1.29 is 57.8 Å². The molecule has 114 valence electrons. The minimum Gasteiger partial charge on any atom is -1.00 e. The first-order valence-electron chi connectivity index (χ1n) is 5.89. The maximum absolute atomic E-state index is 12.1. The Hall–Kier alpha value is -0.650. The molecule has 11 heteroatoms. The number of nitrogens with two attached hydrogens (primary N) is 1. The summed E-state index contributed by atoms with van der Waals surface area (Å²) >= 11 is 0. The second-order valence-electron chi connectivity index (χ2n) is 4.95. The molecule has 0 spiro atoms. The Bertz CT molecular complexity index is 595. The molecule has 3 amide bonds. The van der Waals surface area contributed by atoms with Crippen LogP contribution in [0.15, 0.2) is 11.6 Å². The van der Waals surface area contributed by atoms with Crippen molar-refractivity contribution in [3.05, 3.63) is 11.6 Å². The Morgan fingerprint density at radius 3 is 2.57 bits per heavy atom. The molecule has 0 unspecified atom stereocenters. The zero-order valence-corrected chi connectivity index (χ0v) is 14.7. The Morgan fingerprint density at radius 1 is 1.57 bits per heavy atom. The summed E-state index contributed by atoms with van der Waals surface area (Å²) in [5, 5.41) is 0.560. The molecule has 2 aliphatic rings. The molecule has 2 atom stereocenters. The summed E-state index contributed by atoms with van der Waals surface area (Å²) < 4.78 is 34.7. The molecule has 21 heavy (non-hydrogen) atoms. The fourth-order valence-corrected chi connectivity index (χ4v) is 2.82. The molecule has 1 fully saturated rings. The minimum absolute atomic E-state index is 0. The van der Waals surface area contributed by atoms with E-state index in [0.717, 1.165) is 4.90 Å². The zero-order chi connectivity index (χ0) is 15.2. The third kappa shape index (κ3) is 3.58. The number of urea groups is 1. The summed E-state index contributed by atoms with van der Waals surface area (Å²) in [6, 6.07) is -2.46. The molecule has 2 aliphatic heterocycles. The van der Waals surface area contributed by atoms with Crippen LogP contribution in [0.3, 0.4) is 0 Å². The third-order valence-electron chi connectivity index (χ3n) is 3.29. The van der Waals surface area contributed by atoms with Gasteiger partial charge in [-0.3, -0.25) is 9.35 Å². The van der Waals surface area contributed by atoms with Gasteiger partial charge in [-0.25, -0.2) is 4.79 Å². The largest absolute Gasteiger partial charge is 1.00 e. The average Bonchev–Trinajstić information content (AvgIpc) is 2.53. The summed E-state index contributed by atoms with van der Waals surface area (Å²) in [5.74, 6) is -0.772. The average molecular weight is 329 g/mol. The van der Waals surface area contributed by atoms with Gasteiger partial charge in [0.15, 0.2) is 0 Å². The number of rotatable bonds is 4. The van der Waals surface area contributed by atoms with Crippen molar-refractivity contribution in [2.45, 2.75) is 25.9 Å². The first kappa shape index (κ1) is 18.4. The molecule has 3 N–H and O–H groups in total. The molecule has 9 nitrogen and oxygen atoms in total. The first-order chi connectivity index (χ1) is 9.11. The van der Waals surface area contributed by atoms with Crippen molar-refractivity contribution in [1.29, 1.82) is 0 Å². The van der Waals surface area contributed by atoms with Crippen LogP contribution in [-0.2, 0) is 19.5 Å². The molecule has 1 saturated heterocycles. The van der Waals surface area contributed by atoms with Crippen LogP contribution in [0.1, 0.15) is 15.3 Å². The smallest absolute Gasteiger partial charge is 1.00 e. The van der Waals surface area contributed by atoms with Gasteiger partial charge in [0.25, 0.3) is 0 Å². The number of primary amides is 1. The van der Waals surface area contributed by atoms with Gasteiger partial charge in [0, 0.05) is 0 Å². The van der Waals surface area contributed by atoms with Crippen LogP contribution in [0.25, 0.3) is 0 Å². The molecule has 2 rings (SSSR count). The number of carbonyl (C=O) groups excluding carboxylic acids is 2. The normalized spacial score (nSPS) is 25.0. The van der Waals surface area contributed by atoms with Crippen LogP contribution in [0.2, 0.25) is 0 Å². The van der Waals surface area contributed by atoms with Crippen LogP contribution in [-0.4, -0.2) is 53.5 Å². The van der Waals surface area contributed by atoms with E-state index in [1.807, 2.05) is 13.8 Å². The molecule has 0 aromatic rings. The molecule has 0 radical (unpaired) electrons. The van der Waals surface area contributed by atoms with Gasteiger partial charge in [0.05, 0.1) is 6.54 Å². The van der Waals surface area contributed by atoms with E-state index in [2.05, 4.69) is 4.28 Å². The summed E-state index contributed by atoms with van der Waals surface area (Å²) in [4.78, 5) is 24.6. The number of carbonyl (C=O) groups is 2. The zero-order valence-electron chi connectivity index (χ0n) is 12.9. The molecule has 0 aromatic heterocycles. The van der Waals surface area contributed by atoms with Gasteiger partial charge in [-0.05, 0) is 11.5 Å². The molecule has 0 aliphatic carbocycles. The second kappa shape index (κ2) is 6.23. The number of hydroxylamine groups is 2. The van der Waals surface area contributed by atoms with Crippen molar-refractivity contribution in [3.63, 3.8) is 0 Å². The van der Waals surface area contributed by atoms with E-state index in [-0.39, 0.29) is 43.4 Å². The van der Waals surface area contributed by atoms with Gasteiger partial charge in [-0.1, -0.05) is 19.9 Å². The maximum atomic E-state index is 12.1. The first-order valence-corrected chi connectivity index (χ1v) is 7.26. The molecule has 0 saturated carbocycles. The van der Waals surface area contributed by atoms with Crippen molar-refractivity contribution in [2.75, 3.05) is 6.54 Å². The minimum atomic E-state index is -4.83. The fraction of sp³-hybridized carbons (Fsp3) is 0.600. The molecule has 2 bridgehead atoms. The number of nitrogens with zero attached hydrogens (tertiary/aromatic N) is 2. The van der Waals surface area contributed by atoms with Crippen LogP contribution < -0.4 is 35.3 Å². The monoisotopic (exact) mass is 329 g/mol. The summed E-state index contributed by atoms with van der Waals surface area (Å²) in [7, 11) is -4.83. The van der Waals surface area contributed by atoms with Crippen LogP contribution >= 0.6 is 0 Å². The van der Waals surface area contributed by atoms with E-state index in [0.29, 0.717) is 10.6 Å². The summed E-state index contributed by atoms with van der Waals surface area (Å²) in [6.45, 7) is 3.73. The van der Waals surface area contributed by atoms with Gasteiger partial charge in [-0.2, -0.15) is 13.5 Å². The molecule has 2 heterocycles. The van der Waals surface area contributed by atoms with Gasteiger partial charge in [0.1, 0.15) is 12.1 Å². The third-order valence-corrected chi connectivity index (χ3v) is 3.64. The standard InChI is InChI=1S/C10H15N3O6S.Na.H/c1-5(2)6-3-7(9(11)14)12-4-8(6)13(10(12)15)19-20(16,17)18;;/h3,5,7-8H,4H2,1-2H3,(H2,11,14)(H,16,17,18);;/q;+1;-1/t7-,8-;;/m0../s1. The second-order valence-corrected chi connectivity index (χ2v) is 5.95. The van der Waals surface area contributed by atoms with Gasteiger partial charge < -0.3 is 12.1 Å². The number of amides is 3. The summed E-state index contributed by atoms with van der Waals surface area (Å²) in [6.07, 6.45) is 1.53. The van der Waals surface area contributed by atoms with E-state index in [9.17, 15) is 18.0 Å². The quantitative estimate of drug-likeness (QED) is 0.311. The van der Waals surface area contributed by atoms with Crippen molar-refractivity contribution in [3.8, 4) is 0 Å². The van der Waals surface area contributed by atoms with Gasteiger partial charge >= 0.3 is 46.0 Å². The molecular weight excluding hydrogens is 313 g/mol. The van der Waals surface area contributed by atoms with E-state index in [1.54, 1.807) is 0 Å². The maximum Gasteiger partial charge on any atom is 1.00 e. The van der Waals surface area contributed by atoms with E-state index < -0.39 is 34.4 Å². The topological polar surface area (TPSA) is 130 Å². The van der Waals surface area contributed by atoms with Gasteiger partial charge in [0.2, 0.25) is 5.91 Å². The van der Waals surface area contributed by atoms with Crippen molar-refractivity contribution >= 4 is 22.3 Å². The Morgan fingerprint density at radius 2 is 2.14 bits per heavy atom. The van der Waals surface area contributed by atoms with Crippen LogP contribution in [0.5, 0.6) is 0 Å². The Kier molecular flexibility index (Phi) is 5.45. The van der Waals surface area contributed by atoms with E-state index in [4.69, 9.17) is 10.3 Å². The predicted molar refractivity (Wildman–Crippen MR) is 67.4 cm³/mol. The van der Waals surface area contributed by atoms with Gasteiger partial charge in [-0.15, -0.1) is 4.28 Å². The SMILES string of the molecule is CC(C)C1=C[C@@H](C(N)=O)N2C[C@@H]1N(OS(=O)(=O)O)C2=O.[H-].[Na+]. The van der Waals surface area contributed by atoms with Crippen molar-refractivity contribution in [1.82, 2.24) is 9.96 Å². The van der Waals surface area contributed by atoms with Crippen LogP contribution in [0, 0.1) is 5.92 Å². The van der Waals surface area contributed by atoms with E-state index in [1.165, 1.54) is 6.08 Å². The summed E-state index contributed by atoms with van der Waals surface area (Å²) in [5.41, 5.74) is 5.90. The predicted octanol–water partition coefficient (Wildman–Crippen LogP) is -3.61.